The Morgan fingerprint density at radius 1 is 0.534 bits per heavy atom. The van der Waals surface area contributed by atoms with Crippen molar-refractivity contribution in [1.29, 1.82) is 0 Å². The van der Waals surface area contributed by atoms with E-state index in [-0.39, 0.29) is 0 Å². The van der Waals surface area contributed by atoms with Gasteiger partial charge in [0.1, 0.15) is 0 Å². The van der Waals surface area contributed by atoms with E-state index in [0.29, 0.717) is 23.7 Å². The van der Waals surface area contributed by atoms with Crippen LogP contribution in [0.1, 0.15) is 133 Å². The Morgan fingerprint density at radius 2 is 1.07 bits per heavy atom. The fourth-order valence-electron chi connectivity index (χ4n) is 16.7. The summed E-state index contributed by atoms with van der Waals surface area (Å²) in [4.78, 5) is 10.1. The molecule has 0 radical (unpaired) electrons. The summed E-state index contributed by atoms with van der Waals surface area (Å²) in [5.41, 5.74) is 21.7. The summed E-state index contributed by atoms with van der Waals surface area (Å²) >= 11 is 0. The molecule has 0 N–H and O–H groups in total. The van der Waals surface area contributed by atoms with E-state index in [1.54, 1.807) is 11.1 Å². The van der Waals surface area contributed by atoms with Crippen molar-refractivity contribution in [2.45, 2.75) is 93.3 Å². The number of pyridine rings is 1. The minimum atomic E-state index is -0.439. The van der Waals surface area contributed by atoms with Crippen molar-refractivity contribution in [2.75, 3.05) is 0 Å². The summed E-state index contributed by atoms with van der Waals surface area (Å²) in [7, 11) is 0. The first-order valence-corrected chi connectivity index (χ1v) is 22.6. The highest BCUT2D eigenvalue weighted by molar-refractivity contribution is 6.29. The van der Waals surface area contributed by atoms with Crippen LogP contribution in [0.2, 0.25) is 0 Å². The van der Waals surface area contributed by atoms with Gasteiger partial charge in [0.2, 0.25) is 0 Å². The number of hydrogen-bond acceptors (Lipinski definition) is 1. The van der Waals surface area contributed by atoms with Gasteiger partial charge in [-0.15, -0.1) is 0 Å². The molecular formula is C55H43N3. The van der Waals surface area contributed by atoms with Crippen molar-refractivity contribution in [2.24, 2.45) is 23.7 Å². The van der Waals surface area contributed by atoms with E-state index in [9.17, 15) is 0 Å². The van der Waals surface area contributed by atoms with Gasteiger partial charge in [-0.25, -0.2) is 4.85 Å². The zero-order valence-electron chi connectivity index (χ0n) is 32.7. The smallest absolute Gasteiger partial charge is 0.193 e. The molecule has 3 nitrogen and oxygen atoms in total. The van der Waals surface area contributed by atoms with Gasteiger partial charge in [0, 0.05) is 38.7 Å². The van der Waals surface area contributed by atoms with Crippen LogP contribution in [0.5, 0.6) is 0 Å². The first-order chi connectivity index (χ1) is 28.7. The maximum Gasteiger partial charge on any atom is 0.193 e. The molecule has 18 rings (SSSR count). The number of benzene rings is 5. The first-order valence-electron chi connectivity index (χ1n) is 22.6. The van der Waals surface area contributed by atoms with Gasteiger partial charge in [-0.3, -0.25) is 4.98 Å². The molecule has 8 bridgehead atoms. The molecule has 0 aliphatic heterocycles. The van der Waals surface area contributed by atoms with Crippen LogP contribution >= 0.6 is 0 Å². The summed E-state index contributed by atoms with van der Waals surface area (Å²) < 4.78 is 2.67. The zero-order chi connectivity index (χ0) is 37.3. The summed E-state index contributed by atoms with van der Waals surface area (Å²) in [6.07, 6.45) is 15.5. The lowest BCUT2D eigenvalue weighted by molar-refractivity contribution is 0.165. The van der Waals surface area contributed by atoms with Crippen molar-refractivity contribution < 1.29 is 0 Å². The quantitative estimate of drug-likeness (QED) is 0.142. The predicted molar refractivity (Wildman–Crippen MR) is 233 cm³/mol. The second kappa shape index (κ2) is 10.0. The molecule has 0 saturated heterocycles. The van der Waals surface area contributed by atoms with Crippen molar-refractivity contribution in [3.63, 3.8) is 0 Å². The molecular weight excluding hydrogens is 703 g/mol. The van der Waals surface area contributed by atoms with Gasteiger partial charge in [0.25, 0.3) is 0 Å². The lowest BCUT2D eigenvalue weighted by atomic mass is 9.66. The van der Waals surface area contributed by atoms with Crippen LogP contribution in [0, 0.1) is 30.2 Å². The highest BCUT2D eigenvalue weighted by Gasteiger charge is 2.54. The molecule has 1 spiro atoms. The third kappa shape index (κ3) is 3.28. The molecule has 3 aromatic heterocycles. The van der Waals surface area contributed by atoms with Crippen molar-refractivity contribution in [3.8, 4) is 22.3 Å². The van der Waals surface area contributed by atoms with Gasteiger partial charge in [0.05, 0.1) is 29.2 Å². The van der Waals surface area contributed by atoms with E-state index in [2.05, 4.69) is 100 Å². The molecule has 8 aromatic rings. The van der Waals surface area contributed by atoms with Crippen LogP contribution in [-0.2, 0) is 5.41 Å². The fourth-order valence-corrected chi connectivity index (χ4v) is 16.7. The Morgan fingerprint density at radius 3 is 1.67 bits per heavy atom. The van der Waals surface area contributed by atoms with E-state index in [1.165, 1.54) is 158 Å². The Kier molecular flexibility index (Phi) is 5.29. The Labute approximate surface area is 338 Å². The predicted octanol–water partition coefficient (Wildman–Crippen LogP) is 13.9. The molecule has 4 fully saturated rings. The zero-order valence-corrected chi connectivity index (χ0v) is 32.7. The van der Waals surface area contributed by atoms with E-state index in [0.717, 1.165) is 29.4 Å². The third-order valence-electron chi connectivity index (χ3n) is 18.0. The average Bonchev–Trinajstić information content (AvgIpc) is 3.87. The topological polar surface area (TPSA) is 21.7 Å². The van der Waals surface area contributed by atoms with Gasteiger partial charge in [0.15, 0.2) is 5.69 Å². The monoisotopic (exact) mass is 745 g/mol. The van der Waals surface area contributed by atoms with E-state index < -0.39 is 5.41 Å². The normalized spacial score (nSPS) is 29.5. The Balaban J connectivity index is 1.17. The SMILES string of the molecule is [C-]#[N+]c1cc2c(c3c1C1CC4CC(C1)CC3C4)c1c3c(cc4c5c6c(ncc5n2c41)C1CC2CC(C1)CC6C2)-c1ccccc1C31c2ccccc2-c2ccccc21. The summed E-state index contributed by atoms with van der Waals surface area (Å²) in [6.45, 7) is 8.82. The van der Waals surface area contributed by atoms with Crippen LogP contribution < -0.4 is 0 Å². The minimum absolute atomic E-state index is 0.439. The molecule has 3 heterocycles. The summed E-state index contributed by atoms with van der Waals surface area (Å²) in [5.74, 6) is 5.40. The number of aromatic nitrogens is 2. The van der Waals surface area contributed by atoms with Crippen LogP contribution in [0.25, 0.3) is 65.2 Å². The molecule has 0 amide bonds. The largest absolute Gasteiger partial charge is 0.308 e. The maximum absolute atomic E-state index is 8.82. The second-order valence-electron chi connectivity index (χ2n) is 20.4. The molecule has 58 heavy (non-hydrogen) atoms. The van der Waals surface area contributed by atoms with Crippen LogP contribution in [0.4, 0.5) is 5.69 Å². The highest BCUT2D eigenvalue weighted by Crippen LogP contribution is 2.68. The summed E-state index contributed by atoms with van der Waals surface area (Å²) in [6, 6.07) is 33.2. The van der Waals surface area contributed by atoms with Crippen LogP contribution in [0.3, 0.4) is 0 Å². The van der Waals surface area contributed by atoms with Gasteiger partial charge in [-0.05, 0) is 179 Å². The number of rotatable bonds is 0. The van der Waals surface area contributed by atoms with Crippen LogP contribution in [-0.4, -0.2) is 9.38 Å². The van der Waals surface area contributed by atoms with Crippen molar-refractivity contribution in [1.82, 2.24) is 9.38 Å². The van der Waals surface area contributed by atoms with Crippen molar-refractivity contribution in [3.05, 3.63) is 147 Å². The molecule has 10 aliphatic carbocycles. The minimum Gasteiger partial charge on any atom is -0.308 e. The lowest BCUT2D eigenvalue weighted by Crippen LogP contribution is -2.26. The standard InChI is InChI=1S/C55H43N3/c1-56-43-25-44-50(47-32-18-27-14-28(19-32)17-31(16-27)46(43)47)51-52-38(37-10-4-7-13-42(37)55(52)40-11-5-2-8-35(40)36-9-3-6-12-41(36)55)24-39-49-45(58(44)54(39)51)26-57-53-34-22-29-15-30(23-34)21-33(20-29)48(49)53/h2-13,24-34H,14-23H2. The van der Waals surface area contributed by atoms with Crippen molar-refractivity contribution >= 4 is 43.8 Å². The molecule has 3 heteroatoms. The summed E-state index contributed by atoms with van der Waals surface area (Å²) in [5, 5.41) is 5.87. The molecule has 4 unspecified atom stereocenters. The van der Waals surface area contributed by atoms with Crippen LogP contribution in [0.15, 0.2) is 91.1 Å². The van der Waals surface area contributed by atoms with E-state index in [4.69, 9.17) is 11.6 Å². The van der Waals surface area contributed by atoms with E-state index in [1.807, 2.05) is 0 Å². The van der Waals surface area contributed by atoms with Gasteiger partial charge < -0.3 is 4.40 Å². The maximum atomic E-state index is 8.82. The molecule has 5 aromatic carbocycles. The van der Waals surface area contributed by atoms with E-state index >= 15 is 0 Å². The highest BCUT2D eigenvalue weighted by atomic mass is 14.9. The fraction of sp³-hybridized carbons (Fsp3) is 0.345. The molecule has 4 atom stereocenters. The van der Waals surface area contributed by atoms with Gasteiger partial charge in [-0.1, -0.05) is 72.8 Å². The Bertz CT molecular complexity index is 3210. The number of nitrogens with zero attached hydrogens (tertiary/aromatic N) is 3. The molecule has 10 aliphatic rings. The number of fused-ring (bicyclic) bond motifs is 17. The first kappa shape index (κ1) is 30.6. The number of hydrogen-bond donors (Lipinski definition) is 0. The molecule has 278 valence electrons. The lowest BCUT2D eigenvalue weighted by Gasteiger charge is -2.38. The Hall–Kier alpha value is -5.46. The third-order valence-corrected chi connectivity index (χ3v) is 18.0. The second-order valence-corrected chi connectivity index (χ2v) is 20.4. The van der Waals surface area contributed by atoms with Gasteiger partial charge in [-0.2, -0.15) is 0 Å². The average molecular weight is 746 g/mol. The molecule has 4 saturated carbocycles. The van der Waals surface area contributed by atoms with Gasteiger partial charge >= 0.3 is 0 Å².